The van der Waals surface area contributed by atoms with E-state index in [1.54, 1.807) is 0 Å². The number of nitro groups is 2. The van der Waals surface area contributed by atoms with E-state index in [0.717, 1.165) is 27.6 Å². The molecule has 0 bridgehead atoms. The van der Waals surface area contributed by atoms with Crippen LogP contribution in [0.15, 0.2) is 48.5 Å². The van der Waals surface area contributed by atoms with Crippen LogP contribution < -0.4 is 0 Å². The Kier molecular flexibility index (Phi) is 2.33. The molecule has 0 aromatic heterocycles. The molecule has 0 fully saturated rings. The Morgan fingerprint density at radius 2 is 1.14 bits per heavy atom. The molecule has 0 N–H and O–H groups in total. The van der Waals surface area contributed by atoms with E-state index < -0.39 is 9.85 Å². The molecule has 0 atom stereocenters. The van der Waals surface area contributed by atoms with E-state index in [9.17, 15) is 20.2 Å². The van der Waals surface area contributed by atoms with Crippen LogP contribution in [0.25, 0.3) is 33.0 Å². The Morgan fingerprint density at radius 1 is 0.682 bits per heavy atom. The fourth-order valence-corrected chi connectivity index (χ4v) is 3.07. The van der Waals surface area contributed by atoms with Crippen LogP contribution in [0.3, 0.4) is 0 Å². The second-order valence-corrected chi connectivity index (χ2v) is 5.14. The van der Waals surface area contributed by atoms with Gasteiger partial charge in [-0.3, -0.25) is 20.2 Å². The summed E-state index contributed by atoms with van der Waals surface area (Å²) < 4.78 is 0. The molecule has 3 aromatic rings. The molecule has 0 amide bonds. The summed E-state index contributed by atoms with van der Waals surface area (Å²) in [6, 6.07) is 13.3. The number of nitrogens with zero attached hydrogens (tertiary/aromatic N) is 2. The zero-order chi connectivity index (χ0) is 15.4. The molecule has 6 nitrogen and oxygen atoms in total. The third kappa shape index (κ3) is 1.54. The summed E-state index contributed by atoms with van der Waals surface area (Å²) in [6.07, 6.45) is 0. The van der Waals surface area contributed by atoms with Gasteiger partial charge in [-0.15, -0.1) is 0 Å². The summed E-state index contributed by atoms with van der Waals surface area (Å²) in [5.41, 5.74) is 3.11. The van der Waals surface area contributed by atoms with Gasteiger partial charge in [0.15, 0.2) is 0 Å². The zero-order valence-electron chi connectivity index (χ0n) is 11.1. The number of non-ortho nitro benzene ring substituents is 2. The van der Waals surface area contributed by atoms with E-state index in [-0.39, 0.29) is 11.4 Å². The van der Waals surface area contributed by atoms with Crippen LogP contribution in [-0.4, -0.2) is 9.85 Å². The van der Waals surface area contributed by atoms with Crippen LogP contribution in [0, 0.1) is 20.2 Å². The van der Waals surface area contributed by atoms with E-state index in [1.165, 1.54) is 24.3 Å². The van der Waals surface area contributed by atoms with Gasteiger partial charge in [-0.2, -0.15) is 0 Å². The number of benzene rings is 3. The van der Waals surface area contributed by atoms with E-state index in [0.29, 0.717) is 5.39 Å². The van der Waals surface area contributed by atoms with Crippen LogP contribution in [-0.2, 0) is 0 Å². The Balaban J connectivity index is 2.20. The Morgan fingerprint density at radius 3 is 1.55 bits per heavy atom. The fraction of sp³-hybridized carbons (Fsp3) is 0. The molecule has 3 aromatic carbocycles. The lowest BCUT2D eigenvalue weighted by Crippen LogP contribution is -1.91. The molecule has 22 heavy (non-hydrogen) atoms. The predicted molar refractivity (Wildman–Crippen MR) is 81.7 cm³/mol. The normalized spacial score (nSPS) is 11.5. The first-order valence-corrected chi connectivity index (χ1v) is 6.56. The first-order valence-electron chi connectivity index (χ1n) is 6.56. The Hall–Kier alpha value is -3.28. The minimum Gasteiger partial charge on any atom is -0.258 e. The van der Waals surface area contributed by atoms with Crippen molar-refractivity contribution in [3.05, 3.63) is 68.8 Å². The summed E-state index contributed by atoms with van der Waals surface area (Å²) in [7, 11) is 0. The van der Waals surface area contributed by atoms with Gasteiger partial charge < -0.3 is 0 Å². The molecule has 6 heteroatoms. The fourth-order valence-electron chi connectivity index (χ4n) is 3.07. The summed E-state index contributed by atoms with van der Waals surface area (Å²) in [6.45, 7) is 0. The molecule has 1 aliphatic rings. The maximum absolute atomic E-state index is 11.1. The number of fused-ring (bicyclic) bond motifs is 3. The van der Waals surface area contributed by atoms with Crippen molar-refractivity contribution in [2.75, 3.05) is 0 Å². The molecule has 0 spiro atoms. The summed E-state index contributed by atoms with van der Waals surface area (Å²) in [5, 5.41) is 23.6. The van der Waals surface area contributed by atoms with Crippen molar-refractivity contribution in [2.45, 2.75) is 0 Å². The molecule has 0 heterocycles. The van der Waals surface area contributed by atoms with Gasteiger partial charge in [0.25, 0.3) is 11.4 Å². The van der Waals surface area contributed by atoms with E-state index >= 15 is 0 Å². The number of hydrogen-bond acceptors (Lipinski definition) is 4. The molecule has 0 saturated carbocycles. The number of nitro benzene ring substituents is 2. The predicted octanol–water partition coefficient (Wildman–Crippen LogP) is 4.30. The molecule has 4 rings (SSSR count). The number of hydrogen-bond donors (Lipinski definition) is 0. The first kappa shape index (κ1) is 12.5. The van der Waals surface area contributed by atoms with Gasteiger partial charge in [-0.25, -0.2) is 0 Å². The van der Waals surface area contributed by atoms with Gasteiger partial charge in [-0.1, -0.05) is 24.3 Å². The van der Waals surface area contributed by atoms with Crippen molar-refractivity contribution in [1.29, 1.82) is 0 Å². The van der Waals surface area contributed by atoms with E-state index in [1.807, 2.05) is 24.3 Å². The van der Waals surface area contributed by atoms with Crippen LogP contribution in [0.4, 0.5) is 11.4 Å². The van der Waals surface area contributed by atoms with Gasteiger partial charge in [0.05, 0.1) is 9.85 Å². The zero-order valence-corrected chi connectivity index (χ0v) is 11.1. The maximum Gasteiger partial charge on any atom is 0.270 e. The van der Waals surface area contributed by atoms with E-state index in [2.05, 4.69) is 0 Å². The van der Waals surface area contributed by atoms with Gasteiger partial charge in [0, 0.05) is 24.3 Å². The monoisotopic (exact) mass is 292 g/mol. The molecular formula is C16H8N2O4. The van der Waals surface area contributed by atoms with Gasteiger partial charge >= 0.3 is 0 Å². The van der Waals surface area contributed by atoms with Crippen LogP contribution in [0.2, 0.25) is 0 Å². The minimum absolute atomic E-state index is 0.0642. The van der Waals surface area contributed by atoms with Gasteiger partial charge in [0.1, 0.15) is 0 Å². The Labute approximate surface area is 123 Å². The van der Waals surface area contributed by atoms with Crippen molar-refractivity contribution in [3.63, 3.8) is 0 Å². The number of rotatable bonds is 2. The Bertz CT molecular complexity index is 919. The second kappa shape index (κ2) is 4.11. The standard InChI is InChI=1S/C16H8N2O4/c19-17(20)10-5-9-6-11(18(21)22)8-15-13-4-2-1-3-12(13)14(7-10)16(9)15/h1-8H. The summed E-state index contributed by atoms with van der Waals surface area (Å²) >= 11 is 0. The lowest BCUT2D eigenvalue weighted by molar-refractivity contribution is -0.385. The highest BCUT2D eigenvalue weighted by Crippen LogP contribution is 2.49. The second-order valence-electron chi connectivity index (χ2n) is 5.14. The highest BCUT2D eigenvalue weighted by Gasteiger charge is 2.26. The topological polar surface area (TPSA) is 86.3 Å². The SMILES string of the molecule is O=[N+]([O-])c1cc2c3c(cc([N+](=O)[O-])cc3c1)-c1ccccc1-2. The van der Waals surface area contributed by atoms with Crippen LogP contribution >= 0.6 is 0 Å². The van der Waals surface area contributed by atoms with Gasteiger partial charge in [0.2, 0.25) is 0 Å². The quantitative estimate of drug-likeness (QED) is 0.407. The lowest BCUT2D eigenvalue weighted by atomic mass is 10.0. The largest absolute Gasteiger partial charge is 0.270 e. The van der Waals surface area contributed by atoms with Crippen molar-refractivity contribution in [2.24, 2.45) is 0 Å². The third-order valence-electron chi connectivity index (χ3n) is 3.95. The third-order valence-corrected chi connectivity index (χ3v) is 3.95. The molecule has 1 aliphatic carbocycles. The molecule has 0 unspecified atom stereocenters. The molecule has 0 aliphatic heterocycles. The lowest BCUT2D eigenvalue weighted by Gasteiger charge is -2.03. The maximum atomic E-state index is 11.1. The summed E-state index contributed by atoms with van der Waals surface area (Å²) in [4.78, 5) is 21.3. The molecule has 0 saturated heterocycles. The average molecular weight is 292 g/mol. The van der Waals surface area contributed by atoms with Crippen molar-refractivity contribution in [3.8, 4) is 22.3 Å². The van der Waals surface area contributed by atoms with Gasteiger partial charge in [-0.05, 0) is 33.0 Å². The van der Waals surface area contributed by atoms with Crippen molar-refractivity contribution < 1.29 is 9.85 Å². The van der Waals surface area contributed by atoms with Crippen LogP contribution in [0.1, 0.15) is 0 Å². The smallest absolute Gasteiger partial charge is 0.258 e. The van der Waals surface area contributed by atoms with Crippen molar-refractivity contribution >= 4 is 22.1 Å². The molecular weight excluding hydrogens is 284 g/mol. The minimum atomic E-state index is -0.477. The van der Waals surface area contributed by atoms with Crippen LogP contribution in [0.5, 0.6) is 0 Å². The van der Waals surface area contributed by atoms with Crippen molar-refractivity contribution in [1.82, 2.24) is 0 Å². The molecule has 106 valence electrons. The van der Waals surface area contributed by atoms with E-state index in [4.69, 9.17) is 0 Å². The highest BCUT2D eigenvalue weighted by molar-refractivity contribution is 6.16. The summed E-state index contributed by atoms with van der Waals surface area (Å²) in [5.74, 6) is 0. The highest BCUT2D eigenvalue weighted by atomic mass is 16.6. The average Bonchev–Trinajstić information content (AvgIpc) is 2.83. The molecule has 0 radical (unpaired) electrons. The first-order chi connectivity index (χ1) is 10.6.